The van der Waals surface area contributed by atoms with Gasteiger partial charge in [0.25, 0.3) is 5.56 Å². The number of methoxy groups -OCH3 is 1. The van der Waals surface area contributed by atoms with Crippen molar-refractivity contribution in [2.75, 3.05) is 19.0 Å². The molecule has 36 heavy (non-hydrogen) atoms. The van der Waals surface area contributed by atoms with Crippen LogP contribution in [0.5, 0.6) is 11.5 Å². The van der Waals surface area contributed by atoms with Crippen LogP contribution in [-0.4, -0.2) is 34.0 Å². The third-order valence-corrected chi connectivity index (χ3v) is 6.59. The number of H-pyrrole nitrogens is 1. The Kier molecular flexibility index (Phi) is 5.41. The van der Waals surface area contributed by atoms with Gasteiger partial charge in [0.15, 0.2) is 11.5 Å². The Balaban J connectivity index is 1.38. The van der Waals surface area contributed by atoms with E-state index >= 15 is 0 Å². The molecule has 0 saturated carbocycles. The van der Waals surface area contributed by atoms with Gasteiger partial charge in [-0.05, 0) is 35.4 Å². The van der Waals surface area contributed by atoms with Crippen LogP contribution >= 0.6 is 0 Å². The topological polar surface area (TPSA) is 97.7 Å². The average Bonchev–Trinajstić information content (AvgIpc) is 3.27. The summed E-state index contributed by atoms with van der Waals surface area (Å²) in [5, 5.41) is 2.91. The Morgan fingerprint density at radius 3 is 2.64 bits per heavy atom. The van der Waals surface area contributed by atoms with Gasteiger partial charge >= 0.3 is 0 Å². The lowest BCUT2D eigenvalue weighted by atomic mass is 9.86. The second kappa shape index (κ2) is 8.88. The number of fused-ring (bicyclic) bond motifs is 5. The van der Waals surface area contributed by atoms with Gasteiger partial charge in [-0.2, -0.15) is 0 Å². The number of aromatic amines is 1. The molecule has 1 aliphatic rings. The minimum atomic E-state index is -0.449. The van der Waals surface area contributed by atoms with Gasteiger partial charge in [0.2, 0.25) is 11.7 Å². The fourth-order valence-corrected chi connectivity index (χ4v) is 4.88. The summed E-state index contributed by atoms with van der Waals surface area (Å²) in [7, 11) is 1.58. The summed E-state index contributed by atoms with van der Waals surface area (Å²) in [6, 6.07) is 23.3. The maximum absolute atomic E-state index is 13.2. The van der Waals surface area contributed by atoms with Crippen molar-refractivity contribution in [3.05, 3.63) is 99.8 Å². The van der Waals surface area contributed by atoms with Crippen molar-refractivity contribution in [2.24, 2.45) is 0 Å². The van der Waals surface area contributed by atoms with Crippen molar-refractivity contribution in [2.45, 2.75) is 18.8 Å². The number of amides is 1. The van der Waals surface area contributed by atoms with Gasteiger partial charge in [-0.15, -0.1) is 0 Å². The lowest BCUT2D eigenvalue weighted by Crippen LogP contribution is -2.32. The lowest BCUT2D eigenvalue weighted by Gasteiger charge is -2.26. The standard InChI is InChI=1S/C28H24N4O4/c1-35-23-15-18(11-12-22(23)36-14-13-17-7-3-2-4-8-17)19-16-24(33)30-26-25(19)27(34)31-28-29-20-9-5-6-10-21(20)32(26)28/h2-12,15,19H,13-14,16H2,1H3,(H,30,33)(H,29,31,34)/t19-/m0/s1. The lowest BCUT2D eigenvalue weighted by molar-refractivity contribution is -0.116. The number of carbonyl (C=O) groups excluding carboxylic acids is 1. The molecule has 5 aromatic rings. The van der Waals surface area contributed by atoms with Gasteiger partial charge < -0.3 is 14.8 Å². The number of nitrogens with zero attached hydrogens (tertiary/aromatic N) is 2. The van der Waals surface area contributed by atoms with E-state index in [0.717, 1.165) is 23.0 Å². The fraction of sp³-hybridized carbons (Fsp3) is 0.179. The number of hydrogen-bond donors (Lipinski definition) is 2. The molecule has 2 aromatic heterocycles. The molecular weight excluding hydrogens is 456 g/mol. The highest BCUT2D eigenvalue weighted by atomic mass is 16.5. The SMILES string of the molecule is COc1cc([C@@H]2CC(=O)Nc3c2c(=O)[nH]c2nc4ccccc4n32)ccc1OCCc1ccccc1. The average molecular weight is 481 g/mol. The molecule has 0 bridgehead atoms. The van der Waals surface area contributed by atoms with Crippen molar-refractivity contribution in [1.82, 2.24) is 14.4 Å². The number of para-hydroxylation sites is 2. The first-order chi connectivity index (χ1) is 17.6. The van der Waals surface area contributed by atoms with Crippen LogP contribution in [0, 0.1) is 0 Å². The summed E-state index contributed by atoms with van der Waals surface area (Å²) < 4.78 is 13.4. The van der Waals surface area contributed by atoms with Crippen LogP contribution in [0.1, 0.15) is 29.0 Å². The van der Waals surface area contributed by atoms with Crippen molar-refractivity contribution in [3.63, 3.8) is 0 Å². The van der Waals surface area contributed by atoms with Gasteiger partial charge in [-0.25, -0.2) is 4.98 Å². The highest BCUT2D eigenvalue weighted by Gasteiger charge is 2.32. The van der Waals surface area contributed by atoms with Crippen LogP contribution in [0.15, 0.2) is 77.6 Å². The highest BCUT2D eigenvalue weighted by Crippen LogP contribution is 2.39. The van der Waals surface area contributed by atoms with Crippen molar-refractivity contribution >= 4 is 28.5 Å². The Bertz CT molecular complexity index is 1660. The van der Waals surface area contributed by atoms with Crippen LogP contribution in [0.2, 0.25) is 0 Å². The zero-order valence-corrected chi connectivity index (χ0v) is 19.7. The fourth-order valence-electron chi connectivity index (χ4n) is 4.88. The van der Waals surface area contributed by atoms with Gasteiger partial charge in [0.1, 0.15) is 5.82 Å². The van der Waals surface area contributed by atoms with E-state index < -0.39 is 5.92 Å². The quantitative estimate of drug-likeness (QED) is 0.378. The molecule has 3 aromatic carbocycles. The Morgan fingerprint density at radius 2 is 1.81 bits per heavy atom. The molecule has 0 spiro atoms. The molecule has 8 nitrogen and oxygen atoms in total. The first kappa shape index (κ1) is 21.9. The third-order valence-electron chi connectivity index (χ3n) is 6.59. The van der Waals surface area contributed by atoms with E-state index in [1.54, 1.807) is 11.5 Å². The molecule has 1 atom stereocenters. The predicted octanol–water partition coefficient (Wildman–Crippen LogP) is 4.28. The first-order valence-corrected chi connectivity index (χ1v) is 11.8. The Morgan fingerprint density at radius 1 is 1.00 bits per heavy atom. The van der Waals surface area contributed by atoms with Crippen molar-refractivity contribution < 1.29 is 14.3 Å². The summed E-state index contributed by atoms with van der Waals surface area (Å²) in [6.07, 6.45) is 0.914. The number of anilines is 1. The second-order valence-corrected chi connectivity index (χ2v) is 8.78. The van der Waals surface area contributed by atoms with Gasteiger partial charge in [0.05, 0.1) is 30.3 Å². The van der Waals surface area contributed by atoms with Crippen LogP contribution in [0.25, 0.3) is 16.8 Å². The van der Waals surface area contributed by atoms with E-state index in [4.69, 9.17) is 9.47 Å². The van der Waals surface area contributed by atoms with E-state index in [-0.39, 0.29) is 17.9 Å². The Hall–Kier alpha value is -4.59. The molecule has 0 unspecified atom stereocenters. The summed E-state index contributed by atoms with van der Waals surface area (Å²) in [5.74, 6) is 1.39. The number of imidazole rings is 1. The number of hydrogen-bond acceptors (Lipinski definition) is 5. The highest BCUT2D eigenvalue weighted by molar-refractivity contribution is 5.96. The van der Waals surface area contributed by atoms with Crippen LogP contribution in [0.4, 0.5) is 5.82 Å². The second-order valence-electron chi connectivity index (χ2n) is 8.78. The summed E-state index contributed by atoms with van der Waals surface area (Å²) in [6.45, 7) is 0.500. The Labute approximate surface area is 206 Å². The summed E-state index contributed by atoms with van der Waals surface area (Å²) >= 11 is 0. The molecular formula is C28H24N4O4. The normalized spacial score (nSPS) is 15.0. The zero-order chi connectivity index (χ0) is 24.6. The van der Waals surface area contributed by atoms with Crippen molar-refractivity contribution in [1.29, 1.82) is 0 Å². The molecule has 2 N–H and O–H groups in total. The summed E-state index contributed by atoms with van der Waals surface area (Å²) in [5.41, 5.74) is 3.74. The molecule has 0 fully saturated rings. The van der Waals surface area contributed by atoms with E-state index in [0.29, 0.717) is 35.3 Å². The number of carbonyl (C=O) groups is 1. The van der Waals surface area contributed by atoms with Gasteiger partial charge in [-0.1, -0.05) is 48.5 Å². The number of aromatic nitrogens is 3. The minimum absolute atomic E-state index is 0.144. The monoisotopic (exact) mass is 480 g/mol. The maximum atomic E-state index is 13.2. The molecule has 0 radical (unpaired) electrons. The maximum Gasteiger partial charge on any atom is 0.258 e. The van der Waals surface area contributed by atoms with Crippen LogP contribution in [0.3, 0.4) is 0 Å². The number of ether oxygens (including phenoxy) is 2. The molecule has 3 heterocycles. The predicted molar refractivity (Wildman–Crippen MR) is 137 cm³/mol. The van der Waals surface area contributed by atoms with E-state index in [9.17, 15) is 9.59 Å². The molecule has 0 saturated heterocycles. The first-order valence-electron chi connectivity index (χ1n) is 11.8. The van der Waals surface area contributed by atoms with Gasteiger partial charge in [-0.3, -0.25) is 19.0 Å². The number of benzene rings is 3. The van der Waals surface area contributed by atoms with Gasteiger partial charge in [0, 0.05) is 18.8 Å². The largest absolute Gasteiger partial charge is 0.493 e. The van der Waals surface area contributed by atoms with E-state index in [1.807, 2.05) is 60.7 Å². The van der Waals surface area contributed by atoms with E-state index in [1.165, 1.54) is 5.56 Å². The summed E-state index contributed by atoms with van der Waals surface area (Å²) in [4.78, 5) is 33.4. The molecule has 1 aliphatic heterocycles. The minimum Gasteiger partial charge on any atom is -0.493 e. The zero-order valence-electron chi connectivity index (χ0n) is 19.7. The van der Waals surface area contributed by atoms with Crippen LogP contribution in [-0.2, 0) is 11.2 Å². The molecule has 180 valence electrons. The molecule has 0 aliphatic carbocycles. The molecule has 8 heteroatoms. The molecule has 6 rings (SSSR count). The van der Waals surface area contributed by atoms with Crippen LogP contribution < -0.4 is 20.3 Å². The molecule has 1 amide bonds. The number of rotatable bonds is 6. The van der Waals surface area contributed by atoms with E-state index in [2.05, 4.69) is 27.4 Å². The third kappa shape index (κ3) is 3.76. The smallest absolute Gasteiger partial charge is 0.258 e. The number of nitrogens with one attached hydrogen (secondary N) is 2. The van der Waals surface area contributed by atoms with Crippen molar-refractivity contribution in [3.8, 4) is 11.5 Å².